The van der Waals surface area contributed by atoms with Crippen molar-refractivity contribution in [2.45, 2.75) is 6.18 Å². The predicted octanol–water partition coefficient (Wildman–Crippen LogP) is 2.14. The smallest absolute Gasteiger partial charge is 0.342 e. The number of amides is 3. The van der Waals surface area contributed by atoms with Crippen molar-refractivity contribution in [3.05, 3.63) is 77.4 Å². The molecule has 2 heterocycles. The molecule has 9 nitrogen and oxygen atoms in total. The Labute approximate surface area is 202 Å². The van der Waals surface area contributed by atoms with Crippen LogP contribution in [0.15, 0.2) is 54.7 Å². The first-order chi connectivity index (χ1) is 17.1. The zero-order valence-electron chi connectivity index (χ0n) is 18.7. The highest BCUT2D eigenvalue weighted by molar-refractivity contribution is 5.96. The molecule has 13 heteroatoms. The van der Waals surface area contributed by atoms with Crippen LogP contribution in [0.5, 0.6) is 0 Å². The van der Waals surface area contributed by atoms with Crippen molar-refractivity contribution in [3.63, 3.8) is 0 Å². The number of nitrogens with one attached hydrogen (secondary N) is 1. The van der Waals surface area contributed by atoms with Crippen molar-refractivity contribution in [1.29, 1.82) is 0 Å². The summed E-state index contributed by atoms with van der Waals surface area (Å²) in [6, 6.07) is 10.7. The summed E-state index contributed by atoms with van der Waals surface area (Å²) in [7, 11) is 0. The zero-order valence-corrected chi connectivity index (χ0v) is 18.7. The Balaban J connectivity index is 1.30. The lowest BCUT2D eigenvalue weighted by atomic mass is 10.0. The molecule has 0 unspecified atom stereocenters. The van der Waals surface area contributed by atoms with Crippen molar-refractivity contribution in [1.82, 2.24) is 30.1 Å². The number of hydrogen-bond acceptors (Lipinski definition) is 5. The van der Waals surface area contributed by atoms with Crippen molar-refractivity contribution < 1.29 is 31.9 Å². The number of para-hydroxylation sites is 1. The minimum absolute atomic E-state index is 0.0117. The molecule has 0 spiro atoms. The van der Waals surface area contributed by atoms with Gasteiger partial charge in [-0.1, -0.05) is 23.4 Å². The van der Waals surface area contributed by atoms with Crippen LogP contribution in [-0.2, 0) is 11.0 Å². The highest BCUT2D eigenvalue weighted by atomic mass is 19.4. The van der Waals surface area contributed by atoms with Crippen LogP contribution in [0.25, 0.3) is 5.69 Å². The Morgan fingerprint density at radius 3 is 2.28 bits per heavy atom. The summed E-state index contributed by atoms with van der Waals surface area (Å²) in [4.78, 5) is 40.0. The van der Waals surface area contributed by atoms with Gasteiger partial charge in [-0.15, -0.1) is 5.10 Å². The van der Waals surface area contributed by atoms with Crippen molar-refractivity contribution in [3.8, 4) is 5.69 Å². The second kappa shape index (κ2) is 10.1. The quantitative estimate of drug-likeness (QED) is 0.537. The molecule has 3 aromatic rings. The molecule has 4 rings (SSSR count). The van der Waals surface area contributed by atoms with E-state index in [1.54, 1.807) is 24.3 Å². The molecule has 1 N–H and O–H groups in total. The molecule has 3 amide bonds. The van der Waals surface area contributed by atoms with Crippen LogP contribution < -0.4 is 5.32 Å². The molecule has 36 heavy (non-hydrogen) atoms. The lowest BCUT2D eigenvalue weighted by Crippen LogP contribution is -2.52. The molecule has 0 bridgehead atoms. The third-order valence-corrected chi connectivity index (χ3v) is 5.58. The maximum absolute atomic E-state index is 13.6. The van der Waals surface area contributed by atoms with Crippen molar-refractivity contribution in [2.24, 2.45) is 0 Å². The Morgan fingerprint density at radius 1 is 0.944 bits per heavy atom. The summed E-state index contributed by atoms with van der Waals surface area (Å²) in [5.41, 5.74) is -1.29. The summed E-state index contributed by atoms with van der Waals surface area (Å²) in [6.45, 7) is -0.342. The molecule has 0 atom stereocenters. The molecule has 2 aromatic carbocycles. The second-order valence-corrected chi connectivity index (χ2v) is 7.93. The number of carbonyl (C=O) groups excluding carboxylic acids is 3. The van der Waals surface area contributed by atoms with Gasteiger partial charge in [0, 0.05) is 26.2 Å². The van der Waals surface area contributed by atoms with E-state index in [-0.39, 0.29) is 38.4 Å². The molecule has 1 saturated heterocycles. The fourth-order valence-corrected chi connectivity index (χ4v) is 3.70. The number of halogens is 4. The van der Waals surface area contributed by atoms with Crippen molar-refractivity contribution >= 4 is 17.7 Å². The highest BCUT2D eigenvalue weighted by Gasteiger charge is 2.37. The SMILES string of the molecule is O=C(NCC(=O)N1CCN(C(=O)c2cc(F)ccc2C(F)(F)F)CC1)c1cn(-c2ccccc2)nn1. The molecule has 1 fully saturated rings. The molecule has 0 radical (unpaired) electrons. The van der Waals surface area contributed by atoms with Crippen LogP contribution in [0, 0.1) is 5.82 Å². The highest BCUT2D eigenvalue weighted by Crippen LogP contribution is 2.33. The number of piperazine rings is 1. The molecule has 1 aliphatic heterocycles. The number of carbonyl (C=O) groups is 3. The van der Waals surface area contributed by atoms with Gasteiger partial charge in [-0.3, -0.25) is 14.4 Å². The number of alkyl halides is 3. The summed E-state index contributed by atoms with van der Waals surface area (Å²) in [5.74, 6) is -2.97. The van der Waals surface area contributed by atoms with E-state index in [0.717, 1.165) is 4.90 Å². The maximum atomic E-state index is 13.6. The van der Waals surface area contributed by atoms with Gasteiger partial charge < -0.3 is 15.1 Å². The van der Waals surface area contributed by atoms with Gasteiger partial charge in [-0.25, -0.2) is 9.07 Å². The minimum atomic E-state index is -4.82. The maximum Gasteiger partial charge on any atom is 0.417 e. The summed E-state index contributed by atoms with van der Waals surface area (Å²) in [6.07, 6.45) is -3.40. The standard InChI is InChI=1S/C23H20F4N6O3/c24-15-6-7-18(23(25,26)27)17(12-15)22(36)32-10-8-31(9-11-32)20(34)13-28-21(35)19-14-33(30-29-19)16-4-2-1-3-5-16/h1-7,12,14H,8-11,13H2,(H,28,35). The van der Waals surface area contributed by atoms with E-state index < -0.39 is 40.8 Å². The normalized spacial score (nSPS) is 14.0. The van der Waals surface area contributed by atoms with Gasteiger partial charge in [0.05, 0.1) is 29.6 Å². The Morgan fingerprint density at radius 2 is 1.61 bits per heavy atom. The van der Waals surface area contributed by atoms with Crippen molar-refractivity contribution in [2.75, 3.05) is 32.7 Å². The zero-order chi connectivity index (χ0) is 25.9. The number of aromatic nitrogens is 3. The predicted molar refractivity (Wildman–Crippen MR) is 118 cm³/mol. The molecule has 188 valence electrons. The Bertz CT molecular complexity index is 1270. The van der Waals surface area contributed by atoms with Crippen LogP contribution in [0.4, 0.5) is 17.6 Å². The van der Waals surface area contributed by atoms with Gasteiger partial charge in [0.2, 0.25) is 5.91 Å². The largest absolute Gasteiger partial charge is 0.417 e. The van der Waals surface area contributed by atoms with E-state index in [0.29, 0.717) is 23.9 Å². The number of rotatable bonds is 5. The molecular weight excluding hydrogens is 484 g/mol. The minimum Gasteiger partial charge on any atom is -0.342 e. The first-order valence-corrected chi connectivity index (χ1v) is 10.8. The first kappa shape index (κ1) is 24.8. The molecule has 0 aliphatic carbocycles. The summed E-state index contributed by atoms with van der Waals surface area (Å²) >= 11 is 0. The van der Waals surface area contributed by atoms with Crippen LogP contribution in [0.1, 0.15) is 26.4 Å². The third-order valence-electron chi connectivity index (χ3n) is 5.58. The fraction of sp³-hybridized carbons (Fsp3) is 0.261. The average molecular weight is 504 g/mol. The number of nitrogens with zero attached hydrogens (tertiary/aromatic N) is 5. The Hall–Kier alpha value is -4.29. The number of benzene rings is 2. The first-order valence-electron chi connectivity index (χ1n) is 10.8. The lowest BCUT2D eigenvalue weighted by Gasteiger charge is -2.35. The number of hydrogen-bond donors (Lipinski definition) is 1. The van der Waals surface area contributed by atoms with E-state index in [1.807, 2.05) is 6.07 Å². The van der Waals surface area contributed by atoms with E-state index in [4.69, 9.17) is 0 Å². The molecular formula is C23H20F4N6O3. The average Bonchev–Trinajstić information content (AvgIpc) is 3.37. The van der Waals surface area contributed by atoms with Gasteiger partial charge >= 0.3 is 6.18 Å². The van der Waals surface area contributed by atoms with E-state index >= 15 is 0 Å². The van der Waals surface area contributed by atoms with Gasteiger partial charge in [0.1, 0.15) is 5.82 Å². The molecule has 0 saturated carbocycles. The molecule has 1 aliphatic rings. The fourth-order valence-electron chi connectivity index (χ4n) is 3.70. The summed E-state index contributed by atoms with van der Waals surface area (Å²) < 4.78 is 54.7. The topological polar surface area (TPSA) is 100 Å². The molecule has 1 aromatic heterocycles. The lowest BCUT2D eigenvalue weighted by molar-refractivity contribution is -0.138. The second-order valence-electron chi connectivity index (χ2n) is 7.93. The van der Waals surface area contributed by atoms with E-state index in [2.05, 4.69) is 15.6 Å². The van der Waals surface area contributed by atoms with Gasteiger partial charge in [0.15, 0.2) is 5.69 Å². The van der Waals surface area contributed by atoms with Crippen LogP contribution in [-0.4, -0.2) is 75.2 Å². The van der Waals surface area contributed by atoms with Crippen LogP contribution in [0.2, 0.25) is 0 Å². The van der Waals surface area contributed by atoms with E-state index in [9.17, 15) is 31.9 Å². The van der Waals surface area contributed by atoms with Gasteiger partial charge in [-0.2, -0.15) is 13.2 Å². The Kier molecular flexibility index (Phi) is 6.99. The monoisotopic (exact) mass is 504 g/mol. The third kappa shape index (κ3) is 5.50. The van der Waals surface area contributed by atoms with E-state index in [1.165, 1.54) is 15.8 Å². The summed E-state index contributed by atoms with van der Waals surface area (Å²) in [5, 5.41) is 10.1. The van der Waals surface area contributed by atoms with Gasteiger partial charge in [0.25, 0.3) is 11.8 Å². The van der Waals surface area contributed by atoms with Gasteiger partial charge in [-0.05, 0) is 30.3 Å². The van der Waals surface area contributed by atoms with Crippen LogP contribution >= 0.6 is 0 Å². The van der Waals surface area contributed by atoms with Crippen LogP contribution in [0.3, 0.4) is 0 Å².